The van der Waals surface area contributed by atoms with Crippen LogP contribution in [0.25, 0.3) is 0 Å². The number of methoxy groups -OCH3 is 1. The van der Waals surface area contributed by atoms with E-state index in [2.05, 4.69) is 5.09 Å². The van der Waals surface area contributed by atoms with Crippen LogP contribution in [0.15, 0.2) is 0 Å². The molecule has 2 N–H and O–H groups in total. The van der Waals surface area contributed by atoms with Crippen molar-refractivity contribution in [1.29, 1.82) is 0 Å². The van der Waals surface area contributed by atoms with E-state index in [1.54, 1.807) is 7.11 Å². The monoisotopic (exact) mass is 223 g/mol. The molecule has 0 aromatic heterocycles. The predicted octanol–water partition coefficient (Wildman–Crippen LogP) is 0.584. The van der Waals surface area contributed by atoms with Crippen molar-refractivity contribution >= 4 is 7.52 Å². The summed E-state index contributed by atoms with van der Waals surface area (Å²) in [7, 11) is -1.53. The summed E-state index contributed by atoms with van der Waals surface area (Å²) in [5.41, 5.74) is 0. The first-order valence-electron chi connectivity index (χ1n) is 4.66. The Labute approximate surface area is 84.3 Å². The second-order valence-corrected chi connectivity index (χ2v) is 5.81. The lowest BCUT2D eigenvalue weighted by Gasteiger charge is -2.18. The van der Waals surface area contributed by atoms with Crippen LogP contribution in [0.4, 0.5) is 0 Å². The minimum absolute atomic E-state index is 0.0176. The van der Waals surface area contributed by atoms with Gasteiger partial charge in [-0.1, -0.05) is 0 Å². The van der Waals surface area contributed by atoms with Crippen molar-refractivity contribution in [3.63, 3.8) is 0 Å². The van der Waals surface area contributed by atoms with Crippen molar-refractivity contribution < 1.29 is 18.9 Å². The van der Waals surface area contributed by atoms with E-state index in [-0.39, 0.29) is 18.3 Å². The second kappa shape index (κ2) is 4.73. The molecule has 0 aliphatic carbocycles. The molecule has 0 bridgehead atoms. The fraction of sp³-hybridized carbons (Fsp3) is 1.00. The SMILES string of the molecule is COC1C[C@H](C)O[C@@H]1CNP(C)(=O)O. The molecule has 14 heavy (non-hydrogen) atoms. The average molecular weight is 223 g/mol. The summed E-state index contributed by atoms with van der Waals surface area (Å²) in [5.74, 6) is 0. The van der Waals surface area contributed by atoms with E-state index in [4.69, 9.17) is 14.4 Å². The maximum atomic E-state index is 11.0. The van der Waals surface area contributed by atoms with Crippen LogP contribution < -0.4 is 5.09 Å². The summed E-state index contributed by atoms with van der Waals surface area (Å²) in [6, 6.07) is 0. The summed E-state index contributed by atoms with van der Waals surface area (Å²) in [5, 5.41) is 2.55. The minimum Gasteiger partial charge on any atom is -0.379 e. The van der Waals surface area contributed by atoms with E-state index in [1.807, 2.05) is 6.92 Å². The van der Waals surface area contributed by atoms with E-state index in [0.717, 1.165) is 6.42 Å². The average Bonchev–Trinajstić information content (AvgIpc) is 2.41. The molecule has 1 heterocycles. The molecule has 1 saturated heterocycles. The van der Waals surface area contributed by atoms with Crippen molar-refractivity contribution in [1.82, 2.24) is 5.09 Å². The van der Waals surface area contributed by atoms with E-state index >= 15 is 0 Å². The van der Waals surface area contributed by atoms with Gasteiger partial charge in [0.05, 0.1) is 18.3 Å². The van der Waals surface area contributed by atoms with Gasteiger partial charge in [0.1, 0.15) is 0 Å². The number of ether oxygens (including phenoxy) is 2. The van der Waals surface area contributed by atoms with E-state index in [0.29, 0.717) is 6.54 Å². The maximum absolute atomic E-state index is 11.0. The molecular weight excluding hydrogens is 205 g/mol. The molecule has 5 nitrogen and oxygen atoms in total. The minimum atomic E-state index is -3.16. The highest BCUT2D eigenvalue weighted by Gasteiger charge is 2.33. The second-order valence-electron chi connectivity index (χ2n) is 3.74. The molecule has 0 spiro atoms. The van der Waals surface area contributed by atoms with Crippen LogP contribution >= 0.6 is 7.52 Å². The highest BCUT2D eigenvalue weighted by molar-refractivity contribution is 7.54. The molecule has 1 rings (SSSR count). The van der Waals surface area contributed by atoms with Crippen LogP contribution in [0.2, 0.25) is 0 Å². The van der Waals surface area contributed by atoms with Crippen molar-refractivity contribution in [3.8, 4) is 0 Å². The third-order valence-corrected chi connectivity index (χ3v) is 3.04. The van der Waals surface area contributed by atoms with Gasteiger partial charge in [0.15, 0.2) is 0 Å². The molecule has 6 heteroatoms. The van der Waals surface area contributed by atoms with Gasteiger partial charge < -0.3 is 14.4 Å². The zero-order chi connectivity index (χ0) is 10.8. The lowest BCUT2D eigenvalue weighted by Crippen LogP contribution is -2.33. The van der Waals surface area contributed by atoms with Gasteiger partial charge in [0.25, 0.3) is 7.52 Å². The summed E-state index contributed by atoms with van der Waals surface area (Å²) < 4.78 is 21.8. The van der Waals surface area contributed by atoms with Crippen LogP contribution in [-0.2, 0) is 14.0 Å². The molecule has 0 aromatic rings. The fourth-order valence-corrected chi connectivity index (χ4v) is 2.13. The van der Waals surface area contributed by atoms with Gasteiger partial charge in [-0.2, -0.15) is 0 Å². The fourth-order valence-electron chi connectivity index (χ4n) is 1.61. The normalized spacial score (nSPS) is 37.0. The molecule has 0 radical (unpaired) electrons. The largest absolute Gasteiger partial charge is 0.379 e. The van der Waals surface area contributed by atoms with Gasteiger partial charge in [-0.15, -0.1) is 0 Å². The van der Waals surface area contributed by atoms with Gasteiger partial charge in [-0.05, 0) is 6.92 Å². The molecule has 0 amide bonds. The molecule has 1 fully saturated rings. The van der Waals surface area contributed by atoms with Crippen molar-refractivity contribution in [3.05, 3.63) is 0 Å². The van der Waals surface area contributed by atoms with Crippen LogP contribution in [0, 0.1) is 0 Å². The summed E-state index contributed by atoms with van der Waals surface area (Å²) in [6.07, 6.45) is 0.878. The Kier molecular flexibility index (Phi) is 4.10. The van der Waals surface area contributed by atoms with Crippen molar-refractivity contribution in [2.75, 3.05) is 20.3 Å². The quantitative estimate of drug-likeness (QED) is 0.682. The van der Waals surface area contributed by atoms with Crippen LogP contribution in [0.3, 0.4) is 0 Å². The molecule has 4 atom stereocenters. The number of nitrogens with one attached hydrogen (secondary N) is 1. The summed E-state index contributed by atoms with van der Waals surface area (Å²) in [6.45, 7) is 3.59. The Morgan fingerprint density at radius 3 is 2.86 bits per heavy atom. The molecule has 84 valence electrons. The molecule has 1 aliphatic rings. The zero-order valence-corrected chi connectivity index (χ0v) is 9.66. The van der Waals surface area contributed by atoms with E-state index in [9.17, 15) is 4.57 Å². The molecule has 2 unspecified atom stereocenters. The number of hydrogen-bond acceptors (Lipinski definition) is 3. The van der Waals surface area contributed by atoms with Crippen molar-refractivity contribution in [2.45, 2.75) is 31.7 Å². The lowest BCUT2D eigenvalue weighted by molar-refractivity contribution is 0.00246. The first kappa shape index (κ1) is 12.1. The van der Waals surface area contributed by atoms with Gasteiger partial charge >= 0.3 is 0 Å². The van der Waals surface area contributed by atoms with Gasteiger partial charge in [-0.25, -0.2) is 5.09 Å². The Balaban J connectivity index is 2.40. The lowest BCUT2D eigenvalue weighted by atomic mass is 10.1. The smallest absolute Gasteiger partial charge is 0.264 e. The Morgan fingerprint density at radius 2 is 2.36 bits per heavy atom. The zero-order valence-electron chi connectivity index (χ0n) is 8.77. The third kappa shape index (κ3) is 3.67. The molecular formula is C8H18NO4P. The van der Waals surface area contributed by atoms with Gasteiger partial charge in [0, 0.05) is 26.7 Å². The molecule has 1 aliphatic heterocycles. The van der Waals surface area contributed by atoms with Crippen molar-refractivity contribution in [2.24, 2.45) is 0 Å². The number of rotatable bonds is 4. The van der Waals surface area contributed by atoms with Crippen LogP contribution in [0.5, 0.6) is 0 Å². The third-order valence-electron chi connectivity index (χ3n) is 2.27. The standard InChI is InChI=1S/C8H18NO4P/c1-6-4-7(12-2)8(13-6)5-9-14(3,10)11/h6-8H,4-5H2,1-3H3,(H2,9,10,11)/t6-,7?,8+/m0/s1. The highest BCUT2D eigenvalue weighted by atomic mass is 31.2. The number of hydrogen-bond donors (Lipinski definition) is 2. The van der Waals surface area contributed by atoms with Crippen LogP contribution in [0.1, 0.15) is 13.3 Å². The van der Waals surface area contributed by atoms with Gasteiger partial charge in [-0.3, -0.25) is 4.57 Å². The topological polar surface area (TPSA) is 67.8 Å². The first-order valence-corrected chi connectivity index (χ1v) is 6.76. The highest BCUT2D eigenvalue weighted by Crippen LogP contribution is 2.30. The summed E-state index contributed by atoms with van der Waals surface area (Å²) >= 11 is 0. The maximum Gasteiger partial charge on any atom is 0.264 e. The van der Waals surface area contributed by atoms with Crippen LogP contribution in [-0.4, -0.2) is 43.5 Å². The first-order chi connectivity index (χ1) is 6.42. The van der Waals surface area contributed by atoms with E-state index < -0.39 is 7.52 Å². The molecule has 0 aromatic carbocycles. The molecule has 0 saturated carbocycles. The summed E-state index contributed by atoms with van der Waals surface area (Å²) in [4.78, 5) is 9.05. The Bertz CT molecular complexity index is 229. The predicted molar refractivity (Wildman–Crippen MR) is 53.5 cm³/mol. The Morgan fingerprint density at radius 1 is 1.71 bits per heavy atom. The van der Waals surface area contributed by atoms with Gasteiger partial charge in [0.2, 0.25) is 0 Å². The van der Waals surface area contributed by atoms with E-state index in [1.165, 1.54) is 6.66 Å². The Hall–Kier alpha value is 0.0700.